The van der Waals surface area contributed by atoms with E-state index in [0.717, 1.165) is 29.2 Å². The molecule has 0 unspecified atom stereocenters. The van der Waals surface area contributed by atoms with E-state index in [4.69, 9.17) is 4.74 Å². The number of nitrogens with one attached hydrogen (secondary N) is 1. The fraction of sp³-hybridized carbons (Fsp3) is 0.227. The summed E-state index contributed by atoms with van der Waals surface area (Å²) in [5.41, 5.74) is 1.63. The number of hydrogen-bond acceptors (Lipinski definition) is 3. The van der Waals surface area contributed by atoms with Crippen LogP contribution >= 0.6 is 0 Å². The van der Waals surface area contributed by atoms with E-state index >= 15 is 0 Å². The van der Waals surface area contributed by atoms with Gasteiger partial charge >= 0.3 is 0 Å². The molecule has 26 heavy (non-hydrogen) atoms. The van der Waals surface area contributed by atoms with Gasteiger partial charge in [0.25, 0.3) is 0 Å². The fourth-order valence-electron chi connectivity index (χ4n) is 3.57. The van der Waals surface area contributed by atoms with E-state index in [-0.39, 0.29) is 11.7 Å². The fourth-order valence-corrected chi connectivity index (χ4v) is 3.57. The van der Waals surface area contributed by atoms with Crippen molar-refractivity contribution in [2.45, 2.75) is 25.0 Å². The Hall–Kier alpha value is -2.85. The number of fused-ring (bicyclic) bond motifs is 1. The lowest BCUT2D eigenvalue weighted by atomic mass is 9.92. The van der Waals surface area contributed by atoms with Crippen LogP contribution in [0.3, 0.4) is 0 Å². The van der Waals surface area contributed by atoms with Gasteiger partial charge in [0.1, 0.15) is 11.9 Å². The van der Waals surface area contributed by atoms with Crippen molar-refractivity contribution in [3.63, 3.8) is 0 Å². The number of phenolic OH excluding ortho intramolecular Hbond substituents is 1. The number of hydrogen-bond donors (Lipinski definition) is 2. The first-order valence-electron chi connectivity index (χ1n) is 8.91. The summed E-state index contributed by atoms with van der Waals surface area (Å²) in [5, 5.41) is 15.7. The number of benzene rings is 3. The standard InChI is InChI=1S/C22H21NO3/c24-18-13-12-15-7-4-5-10-17(15)20(18)21(16-8-2-1-3-9-16)23-22(25)19-11-6-14-26-19/h1-5,7-10,12-13,19,21,24H,6,11,14H2,(H,23,25)/t19-,21-/m1/s1. The Morgan fingerprint density at radius 2 is 1.81 bits per heavy atom. The van der Waals surface area contributed by atoms with Crippen LogP contribution < -0.4 is 5.32 Å². The molecule has 2 atom stereocenters. The van der Waals surface area contributed by atoms with Crippen molar-refractivity contribution < 1.29 is 14.6 Å². The van der Waals surface area contributed by atoms with Gasteiger partial charge in [0, 0.05) is 12.2 Å². The summed E-state index contributed by atoms with van der Waals surface area (Å²) in [6.45, 7) is 0.619. The van der Waals surface area contributed by atoms with Crippen molar-refractivity contribution in [1.82, 2.24) is 5.32 Å². The highest BCUT2D eigenvalue weighted by Crippen LogP contribution is 2.36. The number of rotatable bonds is 4. The first-order chi connectivity index (χ1) is 12.7. The number of carbonyl (C=O) groups excluding carboxylic acids is 1. The minimum atomic E-state index is -0.445. The summed E-state index contributed by atoms with van der Waals surface area (Å²) in [6.07, 6.45) is 1.21. The molecular weight excluding hydrogens is 326 g/mol. The minimum absolute atomic E-state index is 0.135. The lowest BCUT2D eigenvalue weighted by Crippen LogP contribution is -2.37. The molecule has 1 heterocycles. The topological polar surface area (TPSA) is 58.6 Å². The quantitative estimate of drug-likeness (QED) is 0.752. The lowest BCUT2D eigenvalue weighted by Gasteiger charge is -2.24. The van der Waals surface area contributed by atoms with E-state index in [1.54, 1.807) is 6.07 Å². The number of phenols is 1. The number of aromatic hydroxyl groups is 1. The third-order valence-corrected chi connectivity index (χ3v) is 4.88. The third-order valence-electron chi connectivity index (χ3n) is 4.88. The molecule has 1 amide bonds. The molecule has 1 aliphatic rings. The van der Waals surface area contributed by atoms with Crippen molar-refractivity contribution in [2.75, 3.05) is 6.61 Å². The highest BCUT2D eigenvalue weighted by molar-refractivity contribution is 5.90. The molecule has 0 spiro atoms. The summed E-state index contributed by atoms with van der Waals surface area (Å²) in [6, 6.07) is 20.7. The molecule has 0 radical (unpaired) electrons. The van der Waals surface area contributed by atoms with Crippen LogP contribution in [0.15, 0.2) is 66.7 Å². The number of ether oxygens (including phenoxy) is 1. The highest BCUT2D eigenvalue weighted by Gasteiger charge is 2.28. The number of carbonyl (C=O) groups is 1. The second-order valence-corrected chi connectivity index (χ2v) is 6.57. The first kappa shape index (κ1) is 16.6. The Bertz CT molecular complexity index is 917. The molecule has 1 aliphatic heterocycles. The molecule has 4 rings (SSSR count). The molecule has 0 bridgehead atoms. The Labute approximate surface area is 152 Å². The molecule has 0 aromatic heterocycles. The van der Waals surface area contributed by atoms with Gasteiger partial charge in [-0.1, -0.05) is 60.7 Å². The molecule has 0 saturated carbocycles. The highest BCUT2D eigenvalue weighted by atomic mass is 16.5. The van der Waals surface area contributed by atoms with E-state index in [2.05, 4.69) is 5.32 Å². The summed E-state index contributed by atoms with van der Waals surface area (Å²) < 4.78 is 5.53. The average Bonchev–Trinajstić information content (AvgIpc) is 3.22. The number of amides is 1. The first-order valence-corrected chi connectivity index (χ1v) is 8.91. The largest absolute Gasteiger partial charge is 0.508 e. The molecule has 132 valence electrons. The smallest absolute Gasteiger partial charge is 0.249 e. The molecule has 3 aromatic rings. The van der Waals surface area contributed by atoms with Gasteiger partial charge in [-0.05, 0) is 35.2 Å². The van der Waals surface area contributed by atoms with E-state index in [1.807, 2.05) is 60.7 Å². The molecule has 1 saturated heterocycles. The summed E-state index contributed by atoms with van der Waals surface area (Å²) in [7, 11) is 0. The van der Waals surface area contributed by atoms with Crippen LogP contribution in [0.1, 0.15) is 30.0 Å². The van der Waals surface area contributed by atoms with Crippen molar-refractivity contribution in [2.24, 2.45) is 0 Å². The van der Waals surface area contributed by atoms with Crippen LogP contribution in [-0.4, -0.2) is 23.7 Å². The zero-order valence-electron chi connectivity index (χ0n) is 14.4. The molecule has 1 fully saturated rings. The van der Waals surface area contributed by atoms with E-state index in [0.29, 0.717) is 12.2 Å². The predicted octanol–water partition coefficient (Wildman–Crippen LogP) is 3.93. The van der Waals surface area contributed by atoms with Gasteiger partial charge in [-0.15, -0.1) is 0 Å². The van der Waals surface area contributed by atoms with Gasteiger partial charge in [-0.25, -0.2) is 0 Å². The maximum absolute atomic E-state index is 12.7. The van der Waals surface area contributed by atoms with Crippen molar-refractivity contribution >= 4 is 16.7 Å². The van der Waals surface area contributed by atoms with Gasteiger partial charge in [-0.2, -0.15) is 0 Å². The molecule has 4 heteroatoms. The Balaban J connectivity index is 1.81. The molecule has 4 nitrogen and oxygen atoms in total. The maximum Gasteiger partial charge on any atom is 0.249 e. The molecular formula is C22H21NO3. The second-order valence-electron chi connectivity index (χ2n) is 6.57. The Kier molecular flexibility index (Phi) is 4.59. The maximum atomic E-state index is 12.7. The second kappa shape index (κ2) is 7.18. The summed E-state index contributed by atoms with van der Waals surface area (Å²) >= 11 is 0. The van der Waals surface area contributed by atoms with Crippen LogP contribution in [0.4, 0.5) is 0 Å². The average molecular weight is 347 g/mol. The SMILES string of the molecule is O=C(N[C@H](c1ccccc1)c1c(O)ccc2ccccc12)[C@H]1CCCO1. The van der Waals surface area contributed by atoms with Crippen molar-refractivity contribution in [1.29, 1.82) is 0 Å². The van der Waals surface area contributed by atoms with Crippen LogP contribution in [-0.2, 0) is 9.53 Å². The summed E-state index contributed by atoms with van der Waals surface area (Å²) in [4.78, 5) is 12.7. The minimum Gasteiger partial charge on any atom is -0.508 e. The van der Waals surface area contributed by atoms with Crippen LogP contribution in [0.2, 0.25) is 0 Å². The zero-order valence-corrected chi connectivity index (χ0v) is 14.4. The van der Waals surface area contributed by atoms with E-state index < -0.39 is 12.1 Å². The van der Waals surface area contributed by atoms with Crippen molar-refractivity contribution in [3.8, 4) is 5.75 Å². The van der Waals surface area contributed by atoms with Gasteiger partial charge in [0.15, 0.2) is 0 Å². The monoisotopic (exact) mass is 347 g/mol. The van der Waals surface area contributed by atoms with Gasteiger partial charge in [0.2, 0.25) is 5.91 Å². The van der Waals surface area contributed by atoms with Gasteiger partial charge in [0.05, 0.1) is 6.04 Å². The zero-order chi connectivity index (χ0) is 17.9. The van der Waals surface area contributed by atoms with Crippen LogP contribution in [0.25, 0.3) is 10.8 Å². The third kappa shape index (κ3) is 3.16. The summed E-state index contributed by atoms with van der Waals surface area (Å²) in [5.74, 6) is 0.0360. The van der Waals surface area contributed by atoms with Crippen LogP contribution in [0, 0.1) is 0 Å². The van der Waals surface area contributed by atoms with Crippen LogP contribution in [0.5, 0.6) is 5.75 Å². The van der Waals surface area contributed by atoms with E-state index in [9.17, 15) is 9.90 Å². The van der Waals surface area contributed by atoms with Gasteiger partial charge < -0.3 is 15.2 Å². The molecule has 0 aliphatic carbocycles. The predicted molar refractivity (Wildman–Crippen MR) is 101 cm³/mol. The molecule has 2 N–H and O–H groups in total. The lowest BCUT2D eigenvalue weighted by molar-refractivity contribution is -0.130. The molecule has 3 aromatic carbocycles. The van der Waals surface area contributed by atoms with Crippen molar-refractivity contribution in [3.05, 3.63) is 77.9 Å². The normalized spacial score (nSPS) is 17.9. The Morgan fingerprint density at radius 1 is 1.04 bits per heavy atom. The van der Waals surface area contributed by atoms with Gasteiger partial charge in [-0.3, -0.25) is 4.79 Å². The Morgan fingerprint density at radius 3 is 2.58 bits per heavy atom. The van der Waals surface area contributed by atoms with E-state index in [1.165, 1.54) is 0 Å².